The summed E-state index contributed by atoms with van der Waals surface area (Å²) in [6, 6.07) is 12.1. The Bertz CT molecular complexity index is 838. The van der Waals surface area contributed by atoms with Crippen LogP contribution >= 0.6 is 15.9 Å². The van der Waals surface area contributed by atoms with Crippen molar-refractivity contribution in [3.05, 3.63) is 57.6 Å². The third kappa shape index (κ3) is 4.72. The van der Waals surface area contributed by atoms with E-state index in [9.17, 15) is 0 Å². The van der Waals surface area contributed by atoms with Gasteiger partial charge >= 0.3 is 0 Å². The molecule has 1 heterocycles. The van der Waals surface area contributed by atoms with E-state index in [1.54, 1.807) is 0 Å². The Morgan fingerprint density at radius 1 is 1.12 bits per heavy atom. The maximum absolute atomic E-state index is 5.99. The fourth-order valence-corrected chi connectivity index (χ4v) is 2.81. The Kier molecular flexibility index (Phi) is 6.06. The number of hydrogen-bond acceptors (Lipinski definition) is 6. The number of H-pyrrole nitrogens is 1. The summed E-state index contributed by atoms with van der Waals surface area (Å²) in [4.78, 5) is 0. The smallest absolute Gasteiger partial charge is 0.263 e. The molecule has 0 amide bonds. The molecular weight excluding hydrogens is 398 g/mol. The van der Waals surface area contributed by atoms with Crippen LogP contribution in [-0.4, -0.2) is 27.2 Å². The molecule has 136 valence electrons. The van der Waals surface area contributed by atoms with E-state index in [1.807, 2.05) is 19.1 Å². The molecule has 3 aromatic rings. The highest BCUT2D eigenvalue weighted by molar-refractivity contribution is 9.10. The van der Waals surface area contributed by atoms with Crippen LogP contribution in [-0.2, 0) is 13.2 Å². The number of aromatic nitrogens is 4. The lowest BCUT2D eigenvalue weighted by Gasteiger charge is -2.15. The minimum absolute atomic E-state index is 0.439. The van der Waals surface area contributed by atoms with Crippen LogP contribution < -0.4 is 14.8 Å². The fourth-order valence-electron chi connectivity index (χ4n) is 2.35. The van der Waals surface area contributed by atoms with Crippen molar-refractivity contribution >= 4 is 21.9 Å². The van der Waals surface area contributed by atoms with Crippen molar-refractivity contribution in [2.45, 2.75) is 27.0 Å². The number of ether oxygens (including phenoxy) is 2. The number of halogens is 1. The Balaban J connectivity index is 1.73. The van der Waals surface area contributed by atoms with E-state index < -0.39 is 0 Å². The molecule has 0 saturated carbocycles. The molecule has 8 heteroatoms. The molecule has 0 bridgehead atoms. The molecule has 7 nitrogen and oxygen atoms in total. The number of nitrogens with zero attached hydrogens (tertiary/aromatic N) is 3. The zero-order chi connectivity index (χ0) is 18.4. The van der Waals surface area contributed by atoms with Crippen LogP contribution in [0.4, 0.5) is 5.95 Å². The normalized spacial score (nSPS) is 10.6. The van der Waals surface area contributed by atoms with Crippen LogP contribution in [0.3, 0.4) is 0 Å². The number of hydrogen-bond donors (Lipinski definition) is 2. The molecule has 0 aliphatic rings. The molecule has 26 heavy (non-hydrogen) atoms. The van der Waals surface area contributed by atoms with Crippen LogP contribution in [0.5, 0.6) is 11.5 Å². The number of rotatable bonds is 8. The second-order valence-corrected chi connectivity index (χ2v) is 6.54. The van der Waals surface area contributed by atoms with Crippen molar-refractivity contribution in [3.63, 3.8) is 0 Å². The number of benzene rings is 2. The molecule has 0 saturated heterocycles. The Morgan fingerprint density at radius 2 is 1.88 bits per heavy atom. The van der Waals surface area contributed by atoms with Crippen molar-refractivity contribution < 1.29 is 9.47 Å². The highest BCUT2D eigenvalue weighted by atomic mass is 79.9. The van der Waals surface area contributed by atoms with Crippen LogP contribution in [0.2, 0.25) is 0 Å². The summed E-state index contributed by atoms with van der Waals surface area (Å²) in [6.45, 7) is 5.57. The monoisotopic (exact) mass is 417 g/mol. The SMILES string of the molecule is CCOc1cc(CNc2nn[nH]n2)c(Br)cc1OCc1ccc(C)cc1. The van der Waals surface area contributed by atoms with Gasteiger partial charge in [0.2, 0.25) is 0 Å². The molecular formula is C18H20BrN5O2. The van der Waals surface area contributed by atoms with Gasteiger partial charge in [-0.05, 0) is 42.3 Å². The minimum Gasteiger partial charge on any atom is -0.490 e. The van der Waals surface area contributed by atoms with Gasteiger partial charge in [-0.25, -0.2) is 0 Å². The molecule has 0 aliphatic carbocycles. The molecule has 2 aromatic carbocycles. The first-order valence-electron chi connectivity index (χ1n) is 8.26. The minimum atomic E-state index is 0.439. The summed E-state index contributed by atoms with van der Waals surface area (Å²) in [5, 5.41) is 16.8. The highest BCUT2D eigenvalue weighted by Crippen LogP contribution is 2.34. The van der Waals surface area contributed by atoms with Crippen LogP contribution in [0.1, 0.15) is 23.6 Å². The van der Waals surface area contributed by atoms with Crippen molar-refractivity contribution in [3.8, 4) is 11.5 Å². The van der Waals surface area contributed by atoms with E-state index in [0.717, 1.165) is 15.6 Å². The largest absolute Gasteiger partial charge is 0.490 e. The summed E-state index contributed by atoms with van der Waals surface area (Å²) < 4.78 is 12.7. The molecule has 0 atom stereocenters. The highest BCUT2D eigenvalue weighted by Gasteiger charge is 2.12. The molecule has 0 unspecified atom stereocenters. The first kappa shape index (κ1) is 18.2. The molecule has 0 aliphatic heterocycles. The van der Waals surface area contributed by atoms with E-state index >= 15 is 0 Å². The summed E-state index contributed by atoms with van der Waals surface area (Å²) in [6.07, 6.45) is 0. The van der Waals surface area contributed by atoms with Crippen LogP contribution in [0.15, 0.2) is 40.9 Å². The second kappa shape index (κ2) is 8.66. The summed E-state index contributed by atoms with van der Waals surface area (Å²) >= 11 is 3.59. The third-order valence-electron chi connectivity index (χ3n) is 3.71. The van der Waals surface area contributed by atoms with Gasteiger partial charge in [0.25, 0.3) is 5.95 Å². The van der Waals surface area contributed by atoms with Crippen LogP contribution in [0.25, 0.3) is 0 Å². The molecule has 1 aromatic heterocycles. The lowest BCUT2D eigenvalue weighted by atomic mass is 10.1. The Labute approximate surface area is 160 Å². The first-order chi connectivity index (χ1) is 12.7. The van der Waals surface area contributed by atoms with Gasteiger partial charge in [0.05, 0.1) is 6.61 Å². The average Bonchev–Trinajstić information content (AvgIpc) is 3.15. The van der Waals surface area contributed by atoms with E-state index in [-0.39, 0.29) is 0 Å². The molecule has 0 spiro atoms. The predicted molar refractivity (Wildman–Crippen MR) is 102 cm³/mol. The summed E-state index contributed by atoms with van der Waals surface area (Å²) in [5.74, 6) is 1.84. The van der Waals surface area contributed by atoms with Crippen molar-refractivity contribution in [2.24, 2.45) is 0 Å². The summed E-state index contributed by atoms with van der Waals surface area (Å²) in [5.41, 5.74) is 3.34. The average molecular weight is 418 g/mol. The number of anilines is 1. The standard InChI is InChI=1S/C18H20BrN5O2/c1-3-25-16-8-14(10-20-18-21-23-24-22-18)15(19)9-17(16)26-11-13-6-4-12(2)5-7-13/h4-9H,3,10-11H2,1-2H3,(H2,20,21,22,23,24). The zero-order valence-corrected chi connectivity index (χ0v) is 16.2. The van der Waals surface area contributed by atoms with Gasteiger partial charge in [-0.3, -0.25) is 0 Å². The number of nitrogens with one attached hydrogen (secondary N) is 2. The predicted octanol–water partition coefficient (Wildman–Crippen LogP) is 3.86. The van der Waals surface area contributed by atoms with E-state index in [1.165, 1.54) is 5.56 Å². The maximum atomic E-state index is 5.99. The fraction of sp³-hybridized carbons (Fsp3) is 0.278. The zero-order valence-electron chi connectivity index (χ0n) is 14.6. The number of aryl methyl sites for hydroxylation is 1. The quantitative estimate of drug-likeness (QED) is 0.578. The third-order valence-corrected chi connectivity index (χ3v) is 4.45. The molecule has 0 radical (unpaired) electrons. The van der Waals surface area contributed by atoms with E-state index in [0.29, 0.717) is 37.2 Å². The van der Waals surface area contributed by atoms with Gasteiger partial charge in [-0.15, -0.1) is 5.10 Å². The number of tetrazole rings is 1. The van der Waals surface area contributed by atoms with Gasteiger partial charge in [0.15, 0.2) is 11.5 Å². The molecule has 3 rings (SSSR count). The second-order valence-electron chi connectivity index (χ2n) is 5.69. The van der Waals surface area contributed by atoms with Crippen molar-refractivity contribution in [1.29, 1.82) is 0 Å². The molecule has 2 N–H and O–H groups in total. The van der Waals surface area contributed by atoms with Crippen molar-refractivity contribution in [2.75, 3.05) is 11.9 Å². The topological polar surface area (TPSA) is 85.0 Å². The Hall–Kier alpha value is -2.61. The van der Waals surface area contributed by atoms with Gasteiger partial charge in [0, 0.05) is 11.0 Å². The van der Waals surface area contributed by atoms with Crippen LogP contribution in [0, 0.1) is 6.92 Å². The number of aromatic amines is 1. The van der Waals surface area contributed by atoms with Gasteiger partial charge in [-0.1, -0.05) is 50.9 Å². The summed E-state index contributed by atoms with van der Waals surface area (Å²) in [7, 11) is 0. The van der Waals surface area contributed by atoms with E-state index in [4.69, 9.17) is 9.47 Å². The van der Waals surface area contributed by atoms with Crippen molar-refractivity contribution in [1.82, 2.24) is 20.6 Å². The van der Waals surface area contributed by atoms with Gasteiger partial charge < -0.3 is 14.8 Å². The first-order valence-corrected chi connectivity index (χ1v) is 9.06. The van der Waals surface area contributed by atoms with E-state index in [2.05, 4.69) is 73.1 Å². The molecule has 0 fully saturated rings. The lowest BCUT2D eigenvalue weighted by molar-refractivity contribution is 0.269. The maximum Gasteiger partial charge on any atom is 0.263 e. The lowest BCUT2D eigenvalue weighted by Crippen LogP contribution is -2.05. The van der Waals surface area contributed by atoms with Gasteiger partial charge in [-0.2, -0.15) is 5.21 Å². The Morgan fingerprint density at radius 3 is 2.58 bits per heavy atom. The van der Waals surface area contributed by atoms with Gasteiger partial charge in [0.1, 0.15) is 6.61 Å².